The fourth-order valence-corrected chi connectivity index (χ4v) is 3.09. The van der Waals surface area contributed by atoms with E-state index in [0.717, 1.165) is 12.0 Å². The van der Waals surface area contributed by atoms with E-state index in [2.05, 4.69) is 5.32 Å². The van der Waals surface area contributed by atoms with Gasteiger partial charge in [-0.25, -0.2) is 0 Å². The second kappa shape index (κ2) is 4.06. The van der Waals surface area contributed by atoms with Crippen molar-refractivity contribution in [3.05, 3.63) is 35.4 Å². The Bertz CT molecular complexity index is 602. The molecule has 0 aromatic heterocycles. The van der Waals surface area contributed by atoms with E-state index < -0.39 is 23.5 Å². The fourth-order valence-electron chi connectivity index (χ4n) is 3.09. The molecule has 0 spiro atoms. The normalized spacial score (nSPS) is 31.5. The van der Waals surface area contributed by atoms with Crippen LogP contribution in [0.15, 0.2) is 24.3 Å². The number of alkyl halides is 3. The van der Waals surface area contributed by atoms with Crippen LogP contribution in [-0.2, 0) is 10.3 Å². The third kappa shape index (κ3) is 1.90. The molecular formula is C14H11F3N2O. The Balaban J connectivity index is 1.80. The molecule has 0 bridgehead atoms. The van der Waals surface area contributed by atoms with Crippen LogP contribution in [0.2, 0.25) is 0 Å². The quantitative estimate of drug-likeness (QED) is 0.904. The van der Waals surface area contributed by atoms with Crippen LogP contribution in [-0.4, -0.2) is 18.0 Å². The number of Topliss-reactive ketones (excluding diaryl/α,β-unsaturated/α-hetero) is 1. The van der Waals surface area contributed by atoms with Gasteiger partial charge in [-0.05, 0) is 36.5 Å². The van der Waals surface area contributed by atoms with Gasteiger partial charge in [-0.15, -0.1) is 0 Å². The van der Waals surface area contributed by atoms with Crippen molar-refractivity contribution in [2.75, 3.05) is 0 Å². The summed E-state index contributed by atoms with van der Waals surface area (Å²) < 4.78 is 37.3. The van der Waals surface area contributed by atoms with Crippen molar-refractivity contribution in [3.63, 3.8) is 0 Å². The average molecular weight is 280 g/mol. The summed E-state index contributed by atoms with van der Waals surface area (Å²) in [4.78, 5) is 11.3. The number of halogens is 3. The lowest BCUT2D eigenvalue weighted by molar-refractivity contribution is -0.173. The lowest BCUT2D eigenvalue weighted by Gasteiger charge is -2.19. The number of piperidine rings is 1. The number of hydrogen-bond acceptors (Lipinski definition) is 3. The SMILES string of the molecule is N#Cc1ccc(C23CC2CC(C(=O)C(F)(F)F)N3)cc1. The predicted molar refractivity (Wildman–Crippen MR) is 63.5 cm³/mol. The maximum absolute atomic E-state index is 12.4. The Morgan fingerprint density at radius 1 is 1.35 bits per heavy atom. The summed E-state index contributed by atoms with van der Waals surface area (Å²) in [6.07, 6.45) is -3.83. The highest BCUT2D eigenvalue weighted by atomic mass is 19.4. The van der Waals surface area contributed by atoms with Gasteiger partial charge in [0, 0.05) is 5.54 Å². The minimum atomic E-state index is -4.79. The minimum absolute atomic E-state index is 0.0618. The molecule has 3 atom stereocenters. The molecule has 1 aromatic carbocycles. The van der Waals surface area contributed by atoms with Gasteiger partial charge in [-0.2, -0.15) is 18.4 Å². The van der Waals surface area contributed by atoms with E-state index in [1.54, 1.807) is 24.3 Å². The van der Waals surface area contributed by atoms with E-state index in [0.29, 0.717) is 5.56 Å². The third-order valence-electron chi connectivity index (χ3n) is 4.18. The van der Waals surface area contributed by atoms with E-state index in [1.807, 2.05) is 6.07 Å². The molecule has 2 fully saturated rings. The van der Waals surface area contributed by atoms with Gasteiger partial charge in [0.05, 0.1) is 17.7 Å². The van der Waals surface area contributed by atoms with E-state index in [1.165, 1.54) is 0 Å². The standard InChI is InChI=1S/C14H11F3N2O/c15-14(16,17)12(20)11-5-10-6-13(10,19-11)9-3-1-8(7-18)2-4-9/h1-4,10-11,19H,5-6H2. The van der Waals surface area contributed by atoms with Crippen molar-refractivity contribution in [3.8, 4) is 6.07 Å². The Morgan fingerprint density at radius 3 is 2.55 bits per heavy atom. The molecule has 1 saturated carbocycles. The molecular weight excluding hydrogens is 269 g/mol. The fraction of sp³-hybridized carbons (Fsp3) is 0.429. The highest BCUT2D eigenvalue weighted by Gasteiger charge is 2.64. The van der Waals surface area contributed by atoms with Gasteiger partial charge >= 0.3 is 6.18 Å². The first kappa shape index (κ1) is 13.1. The van der Waals surface area contributed by atoms with E-state index in [-0.39, 0.29) is 12.3 Å². The smallest absolute Gasteiger partial charge is 0.297 e. The molecule has 1 aliphatic carbocycles. The Morgan fingerprint density at radius 2 is 2.00 bits per heavy atom. The average Bonchev–Trinajstić information content (AvgIpc) is 2.99. The predicted octanol–water partition coefficient (Wildman–Crippen LogP) is 2.27. The van der Waals surface area contributed by atoms with Gasteiger partial charge in [0.15, 0.2) is 0 Å². The Labute approximate surface area is 113 Å². The van der Waals surface area contributed by atoms with Crippen LogP contribution in [0.3, 0.4) is 0 Å². The van der Waals surface area contributed by atoms with Gasteiger partial charge < -0.3 is 0 Å². The maximum Gasteiger partial charge on any atom is 0.451 e. The summed E-state index contributed by atoms with van der Waals surface area (Å²) in [5, 5.41) is 11.6. The van der Waals surface area contributed by atoms with Crippen LogP contribution < -0.4 is 5.32 Å². The number of fused-ring (bicyclic) bond motifs is 1. The van der Waals surface area contributed by atoms with Crippen LogP contribution in [0.1, 0.15) is 24.0 Å². The largest absolute Gasteiger partial charge is 0.451 e. The molecule has 6 heteroatoms. The second-order valence-electron chi connectivity index (χ2n) is 5.36. The summed E-state index contributed by atoms with van der Waals surface area (Å²) in [7, 11) is 0. The summed E-state index contributed by atoms with van der Waals surface area (Å²) in [5.74, 6) is -1.63. The molecule has 1 aromatic rings. The monoisotopic (exact) mass is 280 g/mol. The lowest BCUT2D eigenvalue weighted by Crippen LogP contribution is -2.44. The second-order valence-corrected chi connectivity index (χ2v) is 5.36. The minimum Gasteiger partial charge on any atom is -0.297 e. The summed E-state index contributed by atoms with van der Waals surface area (Å²) in [5.41, 5.74) is 0.835. The molecule has 1 heterocycles. The van der Waals surface area contributed by atoms with Crippen LogP contribution >= 0.6 is 0 Å². The molecule has 0 amide bonds. The van der Waals surface area contributed by atoms with Crippen LogP contribution in [0.25, 0.3) is 0 Å². The van der Waals surface area contributed by atoms with Gasteiger partial charge in [0.1, 0.15) is 0 Å². The topological polar surface area (TPSA) is 52.9 Å². The molecule has 20 heavy (non-hydrogen) atoms. The van der Waals surface area contributed by atoms with Crippen LogP contribution in [0, 0.1) is 17.2 Å². The van der Waals surface area contributed by atoms with E-state index in [4.69, 9.17) is 5.26 Å². The van der Waals surface area contributed by atoms with Crippen molar-refractivity contribution in [1.29, 1.82) is 5.26 Å². The summed E-state index contributed by atoms with van der Waals surface area (Å²) >= 11 is 0. The summed E-state index contributed by atoms with van der Waals surface area (Å²) in [6, 6.07) is 7.61. The number of carbonyl (C=O) groups is 1. The van der Waals surface area contributed by atoms with Gasteiger partial charge in [-0.1, -0.05) is 12.1 Å². The highest BCUT2D eigenvalue weighted by Crippen LogP contribution is 2.59. The highest BCUT2D eigenvalue weighted by molar-refractivity contribution is 5.90. The third-order valence-corrected chi connectivity index (χ3v) is 4.18. The zero-order valence-corrected chi connectivity index (χ0v) is 10.4. The van der Waals surface area contributed by atoms with Crippen molar-refractivity contribution in [1.82, 2.24) is 5.32 Å². The first-order valence-corrected chi connectivity index (χ1v) is 6.26. The van der Waals surface area contributed by atoms with Gasteiger partial charge in [-0.3, -0.25) is 10.1 Å². The molecule has 3 rings (SSSR count). The summed E-state index contributed by atoms with van der Waals surface area (Å²) in [6.45, 7) is 0. The van der Waals surface area contributed by atoms with Gasteiger partial charge in [0.25, 0.3) is 5.78 Å². The molecule has 3 nitrogen and oxygen atoms in total. The molecule has 3 unspecified atom stereocenters. The number of carbonyl (C=O) groups excluding carboxylic acids is 1. The lowest BCUT2D eigenvalue weighted by atomic mass is 10.0. The molecule has 0 radical (unpaired) electrons. The Hall–Kier alpha value is -1.87. The number of benzene rings is 1. The molecule has 2 aliphatic rings. The molecule has 104 valence electrons. The maximum atomic E-state index is 12.4. The van der Waals surface area contributed by atoms with Crippen molar-refractivity contribution in [2.24, 2.45) is 5.92 Å². The van der Waals surface area contributed by atoms with Crippen LogP contribution in [0.4, 0.5) is 13.2 Å². The number of nitriles is 1. The molecule has 1 saturated heterocycles. The van der Waals surface area contributed by atoms with Crippen LogP contribution in [0.5, 0.6) is 0 Å². The van der Waals surface area contributed by atoms with Crippen molar-refractivity contribution < 1.29 is 18.0 Å². The molecule has 1 N–H and O–H groups in total. The van der Waals surface area contributed by atoms with E-state index in [9.17, 15) is 18.0 Å². The molecule has 1 aliphatic heterocycles. The number of hydrogen-bond donors (Lipinski definition) is 1. The zero-order chi connectivity index (χ0) is 14.5. The number of nitrogens with one attached hydrogen (secondary N) is 1. The first-order chi connectivity index (χ1) is 9.37. The Kier molecular flexibility index (Phi) is 2.67. The number of rotatable bonds is 2. The van der Waals surface area contributed by atoms with Crippen molar-refractivity contribution >= 4 is 5.78 Å². The number of nitrogens with zero attached hydrogens (tertiary/aromatic N) is 1. The number of ketones is 1. The first-order valence-electron chi connectivity index (χ1n) is 6.26. The van der Waals surface area contributed by atoms with Crippen molar-refractivity contribution in [2.45, 2.75) is 30.6 Å². The zero-order valence-electron chi connectivity index (χ0n) is 10.4. The van der Waals surface area contributed by atoms with E-state index >= 15 is 0 Å². The van der Waals surface area contributed by atoms with Gasteiger partial charge in [0.2, 0.25) is 0 Å².